The number of rotatable bonds is 5. The zero-order valence-corrected chi connectivity index (χ0v) is 15.9. The van der Waals surface area contributed by atoms with Gasteiger partial charge in [0.1, 0.15) is 0 Å². The lowest BCUT2D eigenvalue weighted by Gasteiger charge is -2.30. The molecule has 140 valence electrons. The maximum atomic E-state index is 12.7. The summed E-state index contributed by atoms with van der Waals surface area (Å²) in [6, 6.07) is 7.72. The largest absolute Gasteiger partial charge is 0.339 e. The highest BCUT2D eigenvalue weighted by Crippen LogP contribution is 2.24. The van der Waals surface area contributed by atoms with Crippen molar-refractivity contribution in [3.63, 3.8) is 0 Å². The Morgan fingerprint density at radius 1 is 1.38 bits per heavy atom. The maximum absolute atomic E-state index is 12.7. The van der Waals surface area contributed by atoms with Crippen LogP contribution in [-0.4, -0.2) is 41.3 Å². The number of piperidine rings is 1. The van der Waals surface area contributed by atoms with Gasteiger partial charge in [0.2, 0.25) is 5.91 Å². The molecule has 0 spiro atoms. The van der Waals surface area contributed by atoms with Crippen molar-refractivity contribution < 1.29 is 13.2 Å². The second-order valence-electron chi connectivity index (χ2n) is 6.62. The number of anilines is 1. The number of hydrogen-bond donors (Lipinski definition) is 1. The summed E-state index contributed by atoms with van der Waals surface area (Å²) in [6.45, 7) is 2.65. The van der Waals surface area contributed by atoms with Crippen LogP contribution >= 0.6 is 0 Å². The van der Waals surface area contributed by atoms with Gasteiger partial charge in [-0.1, -0.05) is 19.1 Å². The monoisotopic (exact) mass is 376 g/mol. The molecule has 3 rings (SSSR count). The third-order valence-corrected chi connectivity index (χ3v) is 6.39. The highest BCUT2D eigenvalue weighted by atomic mass is 32.2. The lowest BCUT2D eigenvalue weighted by Crippen LogP contribution is -2.43. The van der Waals surface area contributed by atoms with Gasteiger partial charge in [0, 0.05) is 32.0 Å². The number of aromatic nitrogens is 2. The molecule has 0 saturated carbocycles. The number of benzene rings is 1. The minimum Gasteiger partial charge on any atom is -0.339 e. The number of aryl methyl sites for hydroxylation is 2. The smallest absolute Gasteiger partial charge is 0.262 e. The van der Waals surface area contributed by atoms with Gasteiger partial charge in [-0.25, -0.2) is 13.4 Å². The summed E-state index contributed by atoms with van der Waals surface area (Å²) >= 11 is 0. The van der Waals surface area contributed by atoms with Gasteiger partial charge >= 0.3 is 0 Å². The van der Waals surface area contributed by atoms with Crippen LogP contribution in [0.25, 0.3) is 0 Å². The molecule has 7 nitrogen and oxygen atoms in total. The van der Waals surface area contributed by atoms with E-state index in [0.717, 1.165) is 17.7 Å². The predicted molar refractivity (Wildman–Crippen MR) is 99.1 cm³/mol. The summed E-state index contributed by atoms with van der Waals surface area (Å²) in [7, 11) is -1.94. The molecule has 0 aliphatic carbocycles. The van der Waals surface area contributed by atoms with E-state index < -0.39 is 10.0 Å². The Labute approximate surface area is 154 Å². The zero-order valence-electron chi connectivity index (χ0n) is 15.1. The quantitative estimate of drug-likeness (QED) is 0.865. The van der Waals surface area contributed by atoms with Crippen LogP contribution in [0.5, 0.6) is 0 Å². The van der Waals surface area contributed by atoms with Gasteiger partial charge in [-0.15, -0.1) is 0 Å². The summed E-state index contributed by atoms with van der Waals surface area (Å²) in [5.74, 6) is -0.508. The third-order valence-electron chi connectivity index (χ3n) is 4.64. The standard InChI is InChI=1S/C18H24N4O3S/c1-3-14-6-4-8-16(10-14)20-18(23)15-7-5-9-22(11-15)26(24,25)17-12-21(2)13-19-17/h4,6,8,10,12-13,15H,3,5,7,9,11H2,1-2H3,(H,20,23)/t15-/m0/s1. The molecule has 2 heterocycles. The predicted octanol–water partition coefficient (Wildman–Crippen LogP) is 2.02. The topological polar surface area (TPSA) is 84.3 Å². The average molecular weight is 376 g/mol. The summed E-state index contributed by atoms with van der Waals surface area (Å²) in [6.07, 6.45) is 5.16. The van der Waals surface area contributed by atoms with Crippen molar-refractivity contribution in [1.82, 2.24) is 13.9 Å². The number of nitrogens with one attached hydrogen (secondary N) is 1. The summed E-state index contributed by atoms with van der Waals surface area (Å²) < 4.78 is 28.4. The van der Waals surface area contributed by atoms with Crippen molar-refractivity contribution in [1.29, 1.82) is 0 Å². The van der Waals surface area contributed by atoms with Crippen molar-refractivity contribution in [2.24, 2.45) is 13.0 Å². The lowest BCUT2D eigenvalue weighted by atomic mass is 9.98. The molecule has 0 unspecified atom stereocenters. The van der Waals surface area contributed by atoms with E-state index in [1.165, 1.54) is 16.8 Å². The van der Waals surface area contributed by atoms with Gasteiger partial charge in [-0.3, -0.25) is 4.79 Å². The molecule has 0 radical (unpaired) electrons. The van der Waals surface area contributed by atoms with Crippen LogP contribution in [0.15, 0.2) is 41.8 Å². The molecule has 8 heteroatoms. The van der Waals surface area contributed by atoms with E-state index in [1.807, 2.05) is 24.3 Å². The van der Waals surface area contributed by atoms with E-state index in [9.17, 15) is 13.2 Å². The summed E-state index contributed by atoms with van der Waals surface area (Å²) in [5, 5.41) is 2.95. The van der Waals surface area contributed by atoms with E-state index >= 15 is 0 Å². The molecule has 1 fully saturated rings. The lowest BCUT2D eigenvalue weighted by molar-refractivity contribution is -0.120. The van der Waals surface area contributed by atoms with Crippen molar-refractivity contribution in [3.05, 3.63) is 42.4 Å². The number of amides is 1. The fourth-order valence-corrected chi connectivity index (χ4v) is 4.63. The second-order valence-corrected chi connectivity index (χ2v) is 8.51. The molecule has 2 aromatic rings. The van der Waals surface area contributed by atoms with Crippen molar-refractivity contribution >= 4 is 21.6 Å². The fourth-order valence-electron chi connectivity index (χ4n) is 3.14. The normalized spacial score (nSPS) is 18.6. The second kappa shape index (κ2) is 7.59. The van der Waals surface area contributed by atoms with Gasteiger partial charge in [0.25, 0.3) is 10.0 Å². The minimum absolute atomic E-state index is 0.0247. The van der Waals surface area contributed by atoms with Crippen LogP contribution in [0.2, 0.25) is 0 Å². The molecule has 1 saturated heterocycles. The van der Waals surface area contributed by atoms with Crippen LogP contribution in [-0.2, 0) is 28.3 Å². The molecule has 26 heavy (non-hydrogen) atoms. The molecule has 1 aliphatic rings. The minimum atomic E-state index is -3.67. The molecule has 1 N–H and O–H groups in total. The summed E-state index contributed by atoms with van der Waals surface area (Å²) in [5.41, 5.74) is 1.89. The van der Waals surface area contributed by atoms with Gasteiger partial charge in [0.05, 0.1) is 12.2 Å². The van der Waals surface area contributed by atoms with E-state index in [0.29, 0.717) is 19.4 Å². The number of nitrogens with zero attached hydrogens (tertiary/aromatic N) is 3. The van der Waals surface area contributed by atoms with E-state index in [-0.39, 0.29) is 23.4 Å². The highest BCUT2D eigenvalue weighted by Gasteiger charge is 2.34. The van der Waals surface area contributed by atoms with E-state index in [2.05, 4.69) is 17.2 Å². The average Bonchev–Trinajstić information content (AvgIpc) is 3.09. The molecule has 1 amide bonds. The van der Waals surface area contributed by atoms with E-state index in [1.54, 1.807) is 11.6 Å². The first-order chi connectivity index (χ1) is 12.4. The molecule has 0 bridgehead atoms. The first-order valence-electron chi connectivity index (χ1n) is 8.78. The fraction of sp³-hybridized carbons (Fsp3) is 0.444. The molecular weight excluding hydrogens is 352 g/mol. The van der Waals surface area contributed by atoms with E-state index in [4.69, 9.17) is 0 Å². The Morgan fingerprint density at radius 3 is 2.88 bits per heavy atom. The number of hydrogen-bond acceptors (Lipinski definition) is 4. The summed E-state index contributed by atoms with van der Waals surface area (Å²) in [4.78, 5) is 16.6. The molecule has 1 aliphatic heterocycles. The van der Waals surface area contributed by atoms with Crippen molar-refractivity contribution in [2.75, 3.05) is 18.4 Å². The Hall–Kier alpha value is -2.19. The number of sulfonamides is 1. The van der Waals surface area contributed by atoms with Crippen molar-refractivity contribution in [2.45, 2.75) is 31.2 Å². The highest BCUT2D eigenvalue weighted by molar-refractivity contribution is 7.89. The van der Waals surface area contributed by atoms with Crippen LogP contribution < -0.4 is 5.32 Å². The number of imidazole rings is 1. The van der Waals surface area contributed by atoms with Crippen LogP contribution in [0.4, 0.5) is 5.69 Å². The Balaban J connectivity index is 1.70. The molecule has 1 aromatic heterocycles. The Kier molecular flexibility index (Phi) is 5.43. The SMILES string of the molecule is CCc1cccc(NC(=O)[C@H]2CCCN(S(=O)(=O)c3cn(C)cn3)C2)c1. The van der Waals surface area contributed by atoms with Crippen molar-refractivity contribution in [3.8, 4) is 0 Å². The maximum Gasteiger partial charge on any atom is 0.262 e. The molecule has 1 atom stereocenters. The molecular formula is C18H24N4O3S. The number of carbonyl (C=O) groups is 1. The van der Waals surface area contributed by atoms with Crippen LogP contribution in [0.1, 0.15) is 25.3 Å². The Bertz CT molecular complexity index is 891. The Morgan fingerprint density at radius 2 is 2.19 bits per heavy atom. The van der Waals surface area contributed by atoms with Crippen LogP contribution in [0, 0.1) is 5.92 Å². The van der Waals surface area contributed by atoms with Gasteiger partial charge in [-0.05, 0) is 37.0 Å². The van der Waals surface area contributed by atoms with Gasteiger partial charge in [0.15, 0.2) is 5.03 Å². The first kappa shape index (κ1) is 18.6. The number of carbonyl (C=O) groups excluding carboxylic acids is 1. The first-order valence-corrected chi connectivity index (χ1v) is 10.2. The van der Waals surface area contributed by atoms with Gasteiger partial charge < -0.3 is 9.88 Å². The molecule has 1 aromatic carbocycles. The van der Waals surface area contributed by atoms with Gasteiger partial charge in [-0.2, -0.15) is 4.31 Å². The van der Waals surface area contributed by atoms with Crippen LogP contribution in [0.3, 0.4) is 0 Å². The zero-order chi connectivity index (χ0) is 18.7. The third kappa shape index (κ3) is 3.96.